The Bertz CT molecular complexity index is 758. The first-order valence-corrected chi connectivity index (χ1v) is 12.7. The van der Waals surface area contributed by atoms with Gasteiger partial charge in [0, 0.05) is 56.1 Å². The van der Waals surface area contributed by atoms with Crippen molar-refractivity contribution >= 4 is 29.3 Å². The molecule has 0 bridgehead atoms. The number of hydrogen-bond acceptors (Lipinski definition) is 5. The summed E-state index contributed by atoms with van der Waals surface area (Å²) in [5.74, 6) is 3.48. The normalized spacial score (nSPS) is 25.3. The molecule has 0 spiro atoms. The molecule has 0 aromatic heterocycles. The number of nitrogens with zero attached hydrogens (tertiary/aromatic N) is 3. The molecule has 7 nitrogen and oxygen atoms in total. The maximum Gasteiger partial charge on any atom is 0.227 e. The molecule has 3 aliphatic rings. The number of morpholine rings is 1. The first-order valence-electron chi connectivity index (χ1n) is 11.5. The number of thioether (sulfide) groups is 1. The number of nitrogens with one attached hydrogen (secondary N) is 2. The fourth-order valence-corrected chi connectivity index (χ4v) is 6.08. The van der Waals surface area contributed by atoms with Crippen molar-refractivity contribution in [2.75, 3.05) is 62.3 Å². The second-order valence-corrected chi connectivity index (χ2v) is 9.60. The highest BCUT2D eigenvalue weighted by molar-refractivity contribution is 7.99. The average molecular weight is 446 g/mol. The molecule has 1 unspecified atom stereocenters. The van der Waals surface area contributed by atoms with Gasteiger partial charge in [0.1, 0.15) is 0 Å². The maximum atomic E-state index is 11.9. The van der Waals surface area contributed by atoms with Crippen molar-refractivity contribution in [3.8, 4) is 0 Å². The summed E-state index contributed by atoms with van der Waals surface area (Å²) >= 11 is 2.05. The first-order chi connectivity index (χ1) is 15.2. The van der Waals surface area contributed by atoms with Gasteiger partial charge in [0.05, 0.1) is 19.8 Å². The largest absolute Gasteiger partial charge is 0.379 e. The van der Waals surface area contributed by atoms with Crippen LogP contribution in [-0.4, -0.2) is 79.7 Å². The minimum Gasteiger partial charge on any atom is -0.379 e. The average Bonchev–Trinajstić information content (AvgIpc) is 3.47. The summed E-state index contributed by atoms with van der Waals surface area (Å²) < 4.78 is 5.58. The number of ether oxygens (including phenoxy) is 1. The maximum absolute atomic E-state index is 11.9. The summed E-state index contributed by atoms with van der Waals surface area (Å²) in [6, 6.07) is 8.24. The summed E-state index contributed by atoms with van der Waals surface area (Å²) in [7, 11) is 0. The van der Waals surface area contributed by atoms with Crippen molar-refractivity contribution < 1.29 is 9.53 Å². The standard InChI is InChI=1S/C23H35N5O2S/c1-2-24-22(26-17-23(9-15-31-18-23)27-11-13-30-14-12-27)25-16-19-5-7-20(8-6-19)28-10-3-4-21(28)29/h5-8H,2-4,9-18H2,1H3,(H2,24,25,26). The molecule has 3 heterocycles. The fourth-order valence-electron chi connectivity index (χ4n) is 4.60. The van der Waals surface area contributed by atoms with Gasteiger partial charge >= 0.3 is 0 Å². The van der Waals surface area contributed by atoms with E-state index >= 15 is 0 Å². The molecule has 1 aromatic carbocycles. The second-order valence-electron chi connectivity index (χ2n) is 8.49. The number of carbonyl (C=O) groups is 1. The predicted octanol–water partition coefficient (Wildman–Crippen LogP) is 2.08. The molecule has 3 aliphatic heterocycles. The van der Waals surface area contributed by atoms with Crippen molar-refractivity contribution in [1.82, 2.24) is 15.5 Å². The van der Waals surface area contributed by atoms with Gasteiger partial charge in [-0.15, -0.1) is 0 Å². The molecule has 0 aliphatic carbocycles. The SMILES string of the molecule is CCNC(=NCc1ccc(N2CCCC2=O)cc1)NCC1(N2CCOCC2)CCSC1. The molecule has 170 valence electrons. The van der Waals surface area contributed by atoms with Gasteiger partial charge in [-0.1, -0.05) is 12.1 Å². The highest BCUT2D eigenvalue weighted by Crippen LogP contribution is 2.33. The Morgan fingerprint density at radius 3 is 2.65 bits per heavy atom. The van der Waals surface area contributed by atoms with Gasteiger partial charge in [0.2, 0.25) is 5.91 Å². The van der Waals surface area contributed by atoms with Crippen LogP contribution in [0.5, 0.6) is 0 Å². The van der Waals surface area contributed by atoms with Crippen LogP contribution in [0.25, 0.3) is 0 Å². The van der Waals surface area contributed by atoms with Crippen molar-refractivity contribution in [2.24, 2.45) is 4.99 Å². The second kappa shape index (κ2) is 10.7. The molecule has 1 atom stereocenters. The zero-order valence-corrected chi connectivity index (χ0v) is 19.4. The molecule has 8 heteroatoms. The van der Waals surface area contributed by atoms with E-state index in [2.05, 4.69) is 46.4 Å². The Hall–Kier alpha value is -1.77. The van der Waals surface area contributed by atoms with E-state index in [4.69, 9.17) is 9.73 Å². The number of aliphatic imine (C=N–C) groups is 1. The minimum absolute atomic E-state index is 0.189. The van der Waals surface area contributed by atoms with Crippen LogP contribution in [-0.2, 0) is 16.1 Å². The summed E-state index contributed by atoms with van der Waals surface area (Å²) in [5, 5.41) is 7.02. The van der Waals surface area contributed by atoms with Crippen LogP contribution in [0.1, 0.15) is 31.7 Å². The monoisotopic (exact) mass is 445 g/mol. The predicted molar refractivity (Wildman–Crippen MR) is 128 cm³/mol. The van der Waals surface area contributed by atoms with Crippen molar-refractivity contribution in [3.63, 3.8) is 0 Å². The highest BCUT2D eigenvalue weighted by Gasteiger charge is 2.40. The Morgan fingerprint density at radius 2 is 2.00 bits per heavy atom. The van der Waals surface area contributed by atoms with Crippen LogP contribution in [0, 0.1) is 0 Å². The number of rotatable bonds is 7. The molecule has 1 amide bonds. The van der Waals surface area contributed by atoms with Gasteiger partial charge in [-0.2, -0.15) is 11.8 Å². The quantitative estimate of drug-likeness (QED) is 0.495. The topological polar surface area (TPSA) is 69.2 Å². The summed E-state index contributed by atoms with van der Waals surface area (Å²) in [6.45, 7) is 8.98. The lowest BCUT2D eigenvalue weighted by Crippen LogP contribution is -2.60. The Kier molecular flexibility index (Phi) is 7.74. The van der Waals surface area contributed by atoms with Crippen molar-refractivity contribution in [3.05, 3.63) is 29.8 Å². The van der Waals surface area contributed by atoms with Gasteiger partial charge in [0.25, 0.3) is 0 Å². The zero-order valence-electron chi connectivity index (χ0n) is 18.6. The third kappa shape index (κ3) is 5.54. The summed E-state index contributed by atoms with van der Waals surface area (Å²) in [4.78, 5) is 21.3. The fraction of sp³-hybridized carbons (Fsp3) is 0.652. The van der Waals surface area contributed by atoms with Gasteiger partial charge in [-0.3, -0.25) is 9.69 Å². The number of anilines is 1. The number of hydrogen-bond donors (Lipinski definition) is 2. The molecule has 0 radical (unpaired) electrons. The van der Waals surface area contributed by atoms with Crippen LogP contribution >= 0.6 is 11.8 Å². The van der Waals surface area contributed by atoms with Crippen LogP contribution in [0.4, 0.5) is 5.69 Å². The minimum atomic E-state index is 0.189. The molecule has 3 saturated heterocycles. The van der Waals surface area contributed by atoms with E-state index in [-0.39, 0.29) is 11.4 Å². The molecule has 2 N–H and O–H groups in total. The molecule has 3 fully saturated rings. The number of benzene rings is 1. The molecule has 0 saturated carbocycles. The Balaban J connectivity index is 1.37. The van der Waals surface area contributed by atoms with E-state index in [1.165, 1.54) is 12.2 Å². The third-order valence-electron chi connectivity index (χ3n) is 6.43. The van der Waals surface area contributed by atoms with Crippen LogP contribution in [0.3, 0.4) is 0 Å². The van der Waals surface area contributed by atoms with Gasteiger partial charge in [-0.25, -0.2) is 4.99 Å². The smallest absolute Gasteiger partial charge is 0.227 e. The number of carbonyl (C=O) groups excluding carboxylic acids is 1. The van der Waals surface area contributed by atoms with Crippen molar-refractivity contribution in [1.29, 1.82) is 0 Å². The van der Waals surface area contributed by atoms with E-state index in [0.717, 1.165) is 75.3 Å². The van der Waals surface area contributed by atoms with Gasteiger partial charge in [0.15, 0.2) is 5.96 Å². The number of amides is 1. The van der Waals surface area contributed by atoms with Gasteiger partial charge < -0.3 is 20.3 Å². The molecule has 4 rings (SSSR count). The number of guanidine groups is 1. The highest BCUT2D eigenvalue weighted by atomic mass is 32.2. The zero-order chi connectivity index (χ0) is 21.5. The van der Waals surface area contributed by atoms with Crippen LogP contribution in [0.15, 0.2) is 29.3 Å². The van der Waals surface area contributed by atoms with E-state index in [9.17, 15) is 4.79 Å². The summed E-state index contributed by atoms with van der Waals surface area (Å²) in [6.07, 6.45) is 2.82. The van der Waals surface area contributed by atoms with Crippen LogP contribution in [0.2, 0.25) is 0 Å². The molecule has 1 aromatic rings. The lowest BCUT2D eigenvalue weighted by molar-refractivity contribution is -0.117. The lowest BCUT2D eigenvalue weighted by Gasteiger charge is -2.43. The Morgan fingerprint density at radius 1 is 1.19 bits per heavy atom. The first kappa shape index (κ1) is 22.4. The van der Waals surface area contributed by atoms with Gasteiger partial charge in [-0.05, 0) is 43.2 Å². The Labute approximate surface area is 190 Å². The summed E-state index contributed by atoms with van der Waals surface area (Å²) in [5.41, 5.74) is 2.33. The van der Waals surface area contributed by atoms with Crippen molar-refractivity contribution in [2.45, 2.75) is 38.3 Å². The lowest BCUT2D eigenvalue weighted by atomic mass is 9.95. The van der Waals surface area contributed by atoms with E-state index in [1.807, 2.05) is 17.0 Å². The van der Waals surface area contributed by atoms with E-state index in [1.54, 1.807) is 0 Å². The van der Waals surface area contributed by atoms with Crippen LogP contribution < -0.4 is 15.5 Å². The van der Waals surface area contributed by atoms with E-state index < -0.39 is 0 Å². The molecular formula is C23H35N5O2S. The third-order valence-corrected chi connectivity index (χ3v) is 7.67. The molecule has 31 heavy (non-hydrogen) atoms. The van der Waals surface area contributed by atoms with E-state index in [0.29, 0.717) is 13.0 Å². The molecular weight excluding hydrogens is 410 g/mol.